The van der Waals surface area contributed by atoms with E-state index in [0.29, 0.717) is 5.56 Å². The van der Waals surface area contributed by atoms with Gasteiger partial charge in [0.15, 0.2) is 0 Å². The van der Waals surface area contributed by atoms with E-state index in [1.54, 1.807) is 0 Å². The molecule has 0 saturated carbocycles. The average molecular weight is 944 g/mol. The van der Waals surface area contributed by atoms with Gasteiger partial charge in [-0.1, -0.05) is 158 Å². The molecule has 4 heteroatoms. The molecule has 0 saturated heterocycles. The van der Waals surface area contributed by atoms with Gasteiger partial charge in [0, 0.05) is 33.1 Å². The van der Waals surface area contributed by atoms with Crippen LogP contribution in [0.4, 0.5) is 33.4 Å². The molecular formula is C66H75BN2S. The molecular weight excluding hydrogens is 864 g/mol. The van der Waals surface area contributed by atoms with Gasteiger partial charge in [0.05, 0.1) is 11.9 Å². The zero-order chi connectivity index (χ0) is 53.8. The molecule has 2 aliphatic heterocycles. The number of anilines is 6. The Morgan fingerprint density at radius 1 is 0.471 bits per heavy atom. The van der Waals surface area contributed by atoms with Gasteiger partial charge < -0.3 is 9.80 Å². The summed E-state index contributed by atoms with van der Waals surface area (Å²) < 4.78 is 47.1. The molecule has 0 bridgehead atoms. The van der Waals surface area contributed by atoms with Crippen LogP contribution in [-0.2, 0) is 37.9 Å². The molecule has 2 nitrogen and oxygen atoms in total. The summed E-state index contributed by atoms with van der Waals surface area (Å²) in [5, 5.41) is 2.48. The van der Waals surface area contributed by atoms with E-state index >= 15 is 0 Å². The summed E-state index contributed by atoms with van der Waals surface area (Å²) in [7, 11) is 0. The van der Waals surface area contributed by atoms with Crippen molar-refractivity contribution in [2.75, 3.05) is 9.80 Å². The molecule has 358 valence electrons. The van der Waals surface area contributed by atoms with Crippen LogP contribution in [0.1, 0.15) is 188 Å². The van der Waals surface area contributed by atoms with Crippen LogP contribution in [0.3, 0.4) is 0 Å². The summed E-state index contributed by atoms with van der Waals surface area (Å²) in [6.07, 6.45) is 6.65. The smallest absolute Gasteiger partial charge is 0.254 e. The van der Waals surface area contributed by atoms with Crippen molar-refractivity contribution in [3.05, 3.63) is 148 Å². The molecule has 7 aromatic rings. The maximum absolute atomic E-state index is 9.55. The maximum atomic E-state index is 9.55. The van der Waals surface area contributed by atoms with E-state index < -0.39 is 0 Å². The second kappa shape index (κ2) is 14.8. The molecule has 0 spiro atoms. The van der Waals surface area contributed by atoms with Gasteiger partial charge in [0.2, 0.25) is 0 Å². The first-order valence-electron chi connectivity index (χ1n) is 28.8. The van der Waals surface area contributed by atoms with E-state index in [0.717, 1.165) is 67.0 Å². The summed E-state index contributed by atoms with van der Waals surface area (Å²) in [5.74, 6) is 0. The lowest BCUT2D eigenvalue weighted by Crippen LogP contribution is -2.61. The SMILES string of the molecule is [2H]c1c([2H])c([2H])c(-c2cc3c4c(c2)N(c2ccc5c(c2)C(C)(C)CCC5(C)C)c2sc5cc6c(cc5c2B4c2ccc(C(C)(C)C)cc2N3c2ccc3c(c2)C(C)(C)CCC3(C)C)C(C)(C)CCC6(C)C)c([2H])c1[2H]. The Kier molecular flexibility index (Phi) is 8.56. The van der Waals surface area contributed by atoms with Gasteiger partial charge in [-0.15, -0.1) is 11.3 Å². The van der Waals surface area contributed by atoms with E-state index in [1.165, 1.54) is 70.4 Å². The second-order valence-electron chi connectivity index (χ2n) is 27.0. The quantitative estimate of drug-likeness (QED) is 0.163. The monoisotopic (exact) mass is 944 g/mol. The molecule has 5 aliphatic rings. The topological polar surface area (TPSA) is 6.48 Å². The molecule has 6 aromatic carbocycles. The minimum atomic E-state index is -0.386. The van der Waals surface area contributed by atoms with E-state index in [-0.39, 0.29) is 80.4 Å². The van der Waals surface area contributed by atoms with Crippen LogP contribution in [0.2, 0.25) is 0 Å². The first kappa shape index (κ1) is 40.5. The number of rotatable bonds is 3. The zero-order valence-corrected chi connectivity index (χ0v) is 45.4. The number of nitrogens with zero attached hydrogens (tertiary/aromatic N) is 2. The van der Waals surface area contributed by atoms with Crippen molar-refractivity contribution >= 4 is 78.0 Å². The lowest BCUT2D eigenvalue weighted by molar-refractivity contribution is 0.332. The van der Waals surface area contributed by atoms with Crippen molar-refractivity contribution in [1.29, 1.82) is 0 Å². The third kappa shape index (κ3) is 6.77. The molecule has 0 fully saturated rings. The molecule has 3 heterocycles. The van der Waals surface area contributed by atoms with Crippen LogP contribution in [0.15, 0.2) is 109 Å². The highest BCUT2D eigenvalue weighted by atomic mass is 32.1. The zero-order valence-electron chi connectivity index (χ0n) is 49.6. The molecule has 0 atom stereocenters. The molecule has 0 radical (unpaired) electrons. The number of hydrogen-bond acceptors (Lipinski definition) is 3. The maximum Gasteiger partial charge on any atom is 0.254 e. The van der Waals surface area contributed by atoms with Crippen LogP contribution < -0.4 is 26.2 Å². The Morgan fingerprint density at radius 3 is 1.47 bits per heavy atom. The summed E-state index contributed by atoms with van der Waals surface area (Å²) in [6, 6.07) is 29.7. The molecule has 0 unspecified atom stereocenters. The summed E-state index contributed by atoms with van der Waals surface area (Å²) in [4.78, 5) is 5.01. The van der Waals surface area contributed by atoms with Crippen LogP contribution in [0, 0.1) is 0 Å². The van der Waals surface area contributed by atoms with Crippen molar-refractivity contribution < 1.29 is 6.85 Å². The van der Waals surface area contributed by atoms with Crippen molar-refractivity contribution in [3.63, 3.8) is 0 Å². The minimum Gasteiger partial charge on any atom is -0.311 e. The number of benzene rings is 6. The minimum absolute atomic E-state index is 0.00132. The molecule has 0 amide bonds. The third-order valence-corrected chi connectivity index (χ3v) is 19.7. The van der Waals surface area contributed by atoms with Gasteiger partial charge in [0.1, 0.15) is 0 Å². The molecule has 12 rings (SSSR count). The second-order valence-corrected chi connectivity index (χ2v) is 28.1. The van der Waals surface area contributed by atoms with Crippen LogP contribution in [0.5, 0.6) is 0 Å². The largest absolute Gasteiger partial charge is 0.311 e. The number of hydrogen-bond donors (Lipinski definition) is 0. The highest BCUT2D eigenvalue weighted by molar-refractivity contribution is 7.26. The summed E-state index contributed by atoms with van der Waals surface area (Å²) in [5.41, 5.74) is 19.2. The first-order chi connectivity index (χ1) is 34.8. The molecule has 70 heavy (non-hydrogen) atoms. The fraction of sp³-hybridized carbons (Fsp3) is 0.424. The average Bonchev–Trinajstić information content (AvgIpc) is 3.78. The van der Waals surface area contributed by atoms with Crippen molar-refractivity contribution in [2.24, 2.45) is 0 Å². The predicted molar refractivity (Wildman–Crippen MR) is 306 cm³/mol. The summed E-state index contributed by atoms with van der Waals surface area (Å²) in [6.45, 7) is 35.6. The van der Waals surface area contributed by atoms with Gasteiger partial charge in [-0.25, -0.2) is 0 Å². The highest BCUT2D eigenvalue weighted by Crippen LogP contribution is 2.55. The van der Waals surface area contributed by atoms with Gasteiger partial charge >= 0.3 is 0 Å². The molecule has 3 aliphatic carbocycles. The van der Waals surface area contributed by atoms with E-state index in [1.807, 2.05) is 11.3 Å². The van der Waals surface area contributed by atoms with Gasteiger partial charge in [0.25, 0.3) is 6.71 Å². The van der Waals surface area contributed by atoms with E-state index in [9.17, 15) is 2.74 Å². The summed E-state index contributed by atoms with van der Waals surface area (Å²) >= 11 is 1.89. The van der Waals surface area contributed by atoms with Crippen molar-refractivity contribution in [3.8, 4) is 11.1 Å². The lowest BCUT2D eigenvalue weighted by Gasteiger charge is -2.46. The van der Waals surface area contributed by atoms with E-state index in [2.05, 4.69) is 193 Å². The predicted octanol–water partition coefficient (Wildman–Crippen LogP) is 17.0. The fourth-order valence-corrected chi connectivity index (χ4v) is 14.8. The number of thiophene rings is 1. The van der Waals surface area contributed by atoms with Crippen molar-refractivity contribution in [1.82, 2.24) is 0 Å². The molecule has 0 N–H and O–H groups in total. The van der Waals surface area contributed by atoms with Gasteiger partial charge in [-0.05, 0) is 203 Å². The Morgan fingerprint density at radius 2 is 0.943 bits per heavy atom. The van der Waals surface area contributed by atoms with Crippen LogP contribution in [-0.4, -0.2) is 6.71 Å². The Hall–Kier alpha value is -5.06. The third-order valence-electron chi connectivity index (χ3n) is 18.5. The first-order valence-corrected chi connectivity index (χ1v) is 27.1. The van der Waals surface area contributed by atoms with Crippen molar-refractivity contribution in [2.45, 2.75) is 180 Å². The highest BCUT2D eigenvalue weighted by Gasteiger charge is 2.48. The Balaban J connectivity index is 1.26. The fourth-order valence-electron chi connectivity index (χ4n) is 13.5. The lowest BCUT2D eigenvalue weighted by atomic mass is 9.33. The standard InChI is InChI=1S/C66H75BN2S/c1-60(2,3)42-21-26-52-53(35-42)68(43-22-24-46-48(36-43)63(8,9)29-27-61(46,4)5)54-33-41(40-19-17-16-18-20-40)34-55-58(54)67(52)57-45-38-50-51(66(14,15)32-31-65(50,12)13)39-56(45)70-59(57)69(55)44-23-25-47-49(37-44)64(10,11)30-28-62(47,6)7/h16-26,33-39H,27-32H2,1-15H3/i16D,17D,18D,19D,20D. The van der Waals surface area contributed by atoms with Crippen LogP contribution in [0.25, 0.3) is 21.2 Å². The van der Waals surface area contributed by atoms with E-state index in [4.69, 9.17) is 4.11 Å². The Labute approximate surface area is 432 Å². The Bertz CT molecular complexity index is 3610. The normalized spacial score (nSPS) is 21.5. The van der Waals surface area contributed by atoms with Gasteiger partial charge in [-0.2, -0.15) is 0 Å². The van der Waals surface area contributed by atoms with Crippen LogP contribution >= 0.6 is 11.3 Å². The van der Waals surface area contributed by atoms with Gasteiger partial charge in [-0.3, -0.25) is 0 Å². The molecule has 1 aromatic heterocycles. The number of fused-ring (bicyclic) bond motifs is 9.